The van der Waals surface area contributed by atoms with Crippen molar-refractivity contribution < 1.29 is 19.0 Å². The summed E-state index contributed by atoms with van der Waals surface area (Å²) < 4.78 is 18.4. The van der Waals surface area contributed by atoms with Crippen molar-refractivity contribution in [1.29, 1.82) is 0 Å². The highest BCUT2D eigenvalue weighted by molar-refractivity contribution is 7.22. The molecule has 1 fully saturated rings. The molecule has 2 aliphatic heterocycles. The van der Waals surface area contributed by atoms with Crippen LogP contribution in [0.15, 0.2) is 42.5 Å². The van der Waals surface area contributed by atoms with E-state index in [0.29, 0.717) is 23.2 Å². The number of aromatic nitrogens is 1. The second kappa shape index (κ2) is 9.44. The van der Waals surface area contributed by atoms with Crippen molar-refractivity contribution in [2.75, 3.05) is 50.9 Å². The van der Waals surface area contributed by atoms with Crippen LogP contribution in [0, 0.1) is 6.92 Å². The number of morpholine rings is 1. The lowest BCUT2D eigenvalue weighted by Crippen LogP contribution is -2.47. The molecule has 0 saturated carbocycles. The van der Waals surface area contributed by atoms with Gasteiger partial charge in [0.25, 0.3) is 5.91 Å². The highest BCUT2D eigenvalue weighted by atomic mass is 32.1. The molecule has 0 radical (unpaired) electrons. The van der Waals surface area contributed by atoms with Crippen molar-refractivity contribution in [3.63, 3.8) is 0 Å². The molecular formula is C24H27N3O4S. The van der Waals surface area contributed by atoms with Gasteiger partial charge in [-0.3, -0.25) is 14.6 Å². The van der Waals surface area contributed by atoms with Crippen LogP contribution in [-0.2, 0) is 9.53 Å². The highest BCUT2D eigenvalue weighted by Crippen LogP contribution is 2.34. The first-order valence-corrected chi connectivity index (χ1v) is 11.9. The summed E-state index contributed by atoms with van der Waals surface area (Å²) in [6, 6.07) is 13.6. The van der Waals surface area contributed by atoms with Crippen molar-refractivity contribution in [2.45, 2.75) is 19.4 Å². The van der Waals surface area contributed by atoms with Crippen molar-refractivity contribution in [2.24, 2.45) is 0 Å². The van der Waals surface area contributed by atoms with Crippen molar-refractivity contribution >= 4 is 32.6 Å². The number of hydrogen-bond donors (Lipinski definition) is 0. The Morgan fingerprint density at radius 2 is 1.97 bits per heavy atom. The zero-order valence-corrected chi connectivity index (χ0v) is 19.0. The maximum absolute atomic E-state index is 13.6. The van der Waals surface area contributed by atoms with Gasteiger partial charge in [-0.2, -0.15) is 0 Å². The third-order valence-corrected chi connectivity index (χ3v) is 6.89. The number of nitrogens with zero attached hydrogens (tertiary/aromatic N) is 3. The number of thiazole rings is 1. The molecular weight excluding hydrogens is 426 g/mol. The van der Waals surface area contributed by atoms with Gasteiger partial charge in [0.15, 0.2) is 16.6 Å². The van der Waals surface area contributed by atoms with Gasteiger partial charge in [-0.1, -0.05) is 35.6 Å². The minimum Gasteiger partial charge on any atom is -0.485 e. The fraction of sp³-hybridized carbons (Fsp3) is 0.417. The molecule has 1 saturated heterocycles. The molecule has 2 aromatic carbocycles. The zero-order valence-electron chi connectivity index (χ0n) is 18.2. The summed E-state index contributed by atoms with van der Waals surface area (Å²) in [7, 11) is 0. The largest absolute Gasteiger partial charge is 0.485 e. The molecule has 2 aliphatic rings. The Morgan fingerprint density at radius 3 is 2.78 bits per heavy atom. The second-order valence-electron chi connectivity index (χ2n) is 8.08. The molecule has 1 amide bonds. The second-order valence-corrected chi connectivity index (χ2v) is 9.09. The number of amides is 1. The molecule has 3 heterocycles. The van der Waals surface area contributed by atoms with Crippen LogP contribution < -0.4 is 14.4 Å². The van der Waals surface area contributed by atoms with Crippen molar-refractivity contribution in [3.8, 4) is 11.5 Å². The average molecular weight is 454 g/mol. The average Bonchev–Trinajstić information content (AvgIpc) is 3.27. The van der Waals surface area contributed by atoms with Crippen LogP contribution in [0.1, 0.15) is 12.0 Å². The smallest absolute Gasteiger partial charge is 0.273 e. The number of para-hydroxylation sites is 3. The van der Waals surface area contributed by atoms with Gasteiger partial charge in [-0.15, -0.1) is 0 Å². The van der Waals surface area contributed by atoms with E-state index in [1.165, 1.54) is 0 Å². The summed E-state index contributed by atoms with van der Waals surface area (Å²) in [6.45, 7) is 7.15. The molecule has 3 aromatic rings. The van der Waals surface area contributed by atoms with Crippen molar-refractivity contribution in [3.05, 3.63) is 48.0 Å². The summed E-state index contributed by atoms with van der Waals surface area (Å²) in [4.78, 5) is 22.6. The molecule has 0 aliphatic carbocycles. The molecule has 0 N–H and O–H groups in total. The third kappa shape index (κ3) is 4.44. The molecule has 8 heteroatoms. The van der Waals surface area contributed by atoms with Crippen LogP contribution in [-0.4, -0.2) is 67.9 Å². The minimum atomic E-state index is -0.693. The lowest BCUT2D eigenvalue weighted by molar-refractivity contribution is -0.127. The Labute approximate surface area is 191 Å². The van der Waals surface area contributed by atoms with E-state index in [1.54, 1.807) is 16.2 Å². The van der Waals surface area contributed by atoms with E-state index >= 15 is 0 Å². The van der Waals surface area contributed by atoms with E-state index in [9.17, 15) is 4.79 Å². The number of ether oxygens (including phenoxy) is 3. The predicted octanol–water partition coefficient (Wildman–Crippen LogP) is 3.50. The number of fused-ring (bicyclic) bond motifs is 2. The minimum absolute atomic E-state index is 0.113. The van der Waals surface area contributed by atoms with Gasteiger partial charge in [0.2, 0.25) is 6.10 Å². The Morgan fingerprint density at radius 1 is 1.16 bits per heavy atom. The molecule has 1 atom stereocenters. The number of hydrogen-bond acceptors (Lipinski definition) is 7. The monoisotopic (exact) mass is 453 g/mol. The molecule has 1 aromatic heterocycles. The van der Waals surface area contributed by atoms with Gasteiger partial charge >= 0.3 is 0 Å². The first-order valence-electron chi connectivity index (χ1n) is 11.0. The van der Waals surface area contributed by atoms with Gasteiger partial charge in [0.05, 0.1) is 23.4 Å². The molecule has 32 heavy (non-hydrogen) atoms. The molecule has 7 nitrogen and oxygen atoms in total. The Balaban J connectivity index is 1.37. The van der Waals surface area contributed by atoms with E-state index in [1.807, 2.05) is 43.3 Å². The summed E-state index contributed by atoms with van der Waals surface area (Å²) in [5.41, 5.74) is 2.06. The quantitative estimate of drug-likeness (QED) is 0.569. The first kappa shape index (κ1) is 21.2. The number of anilines is 1. The lowest BCUT2D eigenvalue weighted by Gasteiger charge is -2.31. The zero-order chi connectivity index (χ0) is 21.9. The SMILES string of the molecule is Cc1cccc2sc(N(CCCN3CCOCC3)C(=O)[C@H]3COc4ccccc4O3)nc12. The molecule has 168 valence electrons. The van der Waals surface area contributed by atoms with Crippen LogP contribution >= 0.6 is 11.3 Å². The van der Waals surface area contributed by atoms with Crippen LogP contribution in [0.3, 0.4) is 0 Å². The van der Waals surface area contributed by atoms with Gasteiger partial charge in [-0.05, 0) is 37.1 Å². The van der Waals surface area contributed by atoms with Crippen LogP contribution in [0.25, 0.3) is 10.2 Å². The van der Waals surface area contributed by atoms with Gasteiger partial charge in [-0.25, -0.2) is 4.98 Å². The fourth-order valence-electron chi connectivity index (χ4n) is 4.08. The fourth-order valence-corrected chi connectivity index (χ4v) is 5.16. The van der Waals surface area contributed by atoms with Crippen LogP contribution in [0.2, 0.25) is 0 Å². The van der Waals surface area contributed by atoms with Gasteiger partial charge < -0.3 is 14.2 Å². The van der Waals surface area contributed by atoms with Gasteiger partial charge in [0.1, 0.15) is 6.61 Å². The number of aryl methyl sites for hydroxylation is 1. The molecule has 0 bridgehead atoms. The third-order valence-electron chi connectivity index (χ3n) is 5.85. The number of rotatable bonds is 6. The van der Waals surface area contributed by atoms with Crippen LogP contribution in [0.4, 0.5) is 5.13 Å². The standard InChI is InChI=1S/C24H27N3O4S/c1-17-6-4-9-21-22(17)25-24(32-21)27(11-5-10-26-12-14-29-15-13-26)23(28)20-16-30-18-7-2-3-8-19(18)31-20/h2-4,6-9,20H,5,10-16H2,1H3/t20-/m1/s1. The van der Waals surface area contributed by atoms with E-state index in [4.69, 9.17) is 19.2 Å². The maximum atomic E-state index is 13.6. The van der Waals surface area contributed by atoms with E-state index in [-0.39, 0.29) is 12.5 Å². The van der Waals surface area contributed by atoms with Crippen molar-refractivity contribution in [1.82, 2.24) is 9.88 Å². The molecule has 5 rings (SSSR count). The number of benzene rings is 2. The van der Waals surface area contributed by atoms with E-state index in [2.05, 4.69) is 11.0 Å². The number of carbonyl (C=O) groups is 1. The van der Waals surface area contributed by atoms with Crippen LogP contribution in [0.5, 0.6) is 11.5 Å². The summed E-state index contributed by atoms with van der Waals surface area (Å²) >= 11 is 1.55. The normalized spacial score (nSPS) is 18.6. The lowest BCUT2D eigenvalue weighted by atomic mass is 10.2. The summed E-state index contributed by atoms with van der Waals surface area (Å²) in [5.74, 6) is 1.16. The summed E-state index contributed by atoms with van der Waals surface area (Å²) in [5, 5.41) is 0.712. The number of carbonyl (C=O) groups excluding carboxylic acids is 1. The Bertz CT molecular complexity index is 1100. The highest BCUT2D eigenvalue weighted by Gasteiger charge is 2.33. The van der Waals surface area contributed by atoms with E-state index in [0.717, 1.165) is 55.0 Å². The first-order chi connectivity index (χ1) is 15.7. The van der Waals surface area contributed by atoms with E-state index < -0.39 is 6.10 Å². The molecule has 0 unspecified atom stereocenters. The topological polar surface area (TPSA) is 64.1 Å². The Hall–Kier alpha value is -2.68. The maximum Gasteiger partial charge on any atom is 0.273 e. The summed E-state index contributed by atoms with van der Waals surface area (Å²) in [6.07, 6.45) is 0.159. The predicted molar refractivity (Wildman–Crippen MR) is 125 cm³/mol. The van der Waals surface area contributed by atoms with Gasteiger partial charge in [0, 0.05) is 26.2 Å². The Kier molecular flexibility index (Phi) is 6.25. The molecule has 0 spiro atoms.